The molecule has 3 heterocycles. The van der Waals surface area contributed by atoms with Crippen molar-refractivity contribution in [2.45, 2.75) is 17.3 Å². The van der Waals surface area contributed by atoms with E-state index in [1.807, 2.05) is 0 Å². The quantitative estimate of drug-likeness (QED) is 0.332. The Balaban J connectivity index is 2.43. The standard InChI is InChI=1S/C6H12NO9PS/c8-3-1-5-6(7-2-4-9,18(11,12)13)16-17(10,14-5)15-5/h7-9H,1-4H2,(H,11,12,13). The van der Waals surface area contributed by atoms with Crippen LogP contribution in [0.5, 0.6) is 0 Å². The van der Waals surface area contributed by atoms with Crippen molar-refractivity contribution >= 4 is 17.9 Å². The number of rotatable bonds is 6. The Bertz CT molecular complexity index is 481. The Morgan fingerprint density at radius 1 is 1.17 bits per heavy atom. The number of phosphoric acid groups is 1. The van der Waals surface area contributed by atoms with Crippen molar-refractivity contribution in [3.05, 3.63) is 0 Å². The van der Waals surface area contributed by atoms with Gasteiger partial charge in [-0.05, 0) is 0 Å². The molecule has 0 radical (unpaired) electrons. The van der Waals surface area contributed by atoms with Gasteiger partial charge in [0, 0.05) is 19.6 Å². The maximum absolute atomic E-state index is 11.6. The molecule has 12 heteroatoms. The zero-order valence-electron chi connectivity index (χ0n) is 8.98. The number of aliphatic hydroxyl groups is 2. The minimum absolute atomic E-state index is 0.292. The third-order valence-corrected chi connectivity index (χ3v) is 5.46. The number of aliphatic hydroxyl groups excluding tert-OH is 2. The van der Waals surface area contributed by atoms with Crippen LogP contribution in [-0.4, -0.2) is 53.8 Å². The topological polar surface area (TPSA) is 152 Å². The minimum atomic E-state index is -4.94. The van der Waals surface area contributed by atoms with Crippen molar-refractivity contribution in [2.24, 2.45) is 0 Å². The molecule has 10 nitrogen and oxygen atoms in total. The average molecular weight is 305 g/mol. The van der Waals surface area contributed by atoms with E-state index in [9.17, 15) is 17.5 Å². The Kier molecular flexibility index (Phi) is 3.34. The van der Waals surface area contributed by atoms with E-state index in [1.165, 1.54) is 0 Å². The van der Waals surface area contributed by atoms with E-state index in [0.717, 1.165) is 0 Å². The lowest BCUT2D eigenvalue weighted by atomic mass is 10.1. The summed E-state index contributed by atoms with van der Waals surface area (Å²) in [6, 6.07) is 0. The van der Waals surface area contributed by atoms with E-state index >= 15 is 0 Å². The monoisotopic (exact) mass is 305 g/mol. The maximum Gasteiger partial charge on any atom is 0.483 e. The van der Waals surface area contributed by atoms with E-state index in [0.29, 0.717) is 0 Å². The summed E-state index contributed by atoms with van der Waals surface area (Å²) >= 11 is 0. The number of hydrogen-bond donors (Lipinski definition) is 4. The number of phosphoric ester groups is 1. The summed E-state index contributed by atoms with van der Waals surface area (Å²) in [5.74, 6) is -2.10. The van der Waals surface area contributed by atoms with Gasteiger partial charge in [-0.25, -0.2) is 18.1 Å². The second-order valence-electron chi connectivity index (χ2n) is 3.69. The smallest absolute Gasteiger partial charge is 0.396 e. The Morgan fingerprint density at radius 2 is 1.78 bits per heavy atom. The molecule has 0 aromatic carbocycles. The summed E-state index contributed by atoms with van der Waals surface area (Å²) in [4.78, 5) is 0. The van der Waals surface area contributed by atoms with Gasteiger partial charge in [0.1, 0.15) is 0 Å². The molecule has 2 bridgehead atoms. The van der Waals surface area contributed by atoms with Crippen LogP contribution in [0.15, 0.2) is 0 Å². The number of nitrogens with one attached hydrogen (secondary N) is 1. The fourth-order valence-electron chi connectivity index (χ4n) is 1.88. The largest absolute Gasteiger partial charge is 0.483 e. The van der Waals surface area contributed by atoms with Gasteiger partial charge in [-0.2, -0.15) is 8.42 Å². The van der Waals surface area contributed by atoms with Gasteiger partial charge in [-0.3, -0.25) is 9.87 Å². The summed E-state index contributed by atoms with van der Waals surface area (Å²) in [6.07, 6.45) is -0.394. The van der Waals surface area contributed by atoms with Gasteiger partial charge in [0.25, 0.3) is 5.79 Å². The van der Waals surface area contributed by atoms with Gasteiger partial charge in [0.05, 0.1) is 6.61 Å². The van der Waals surface area contributed by atoms with E-state index in [1.54, 1.807) is 0 Å². The molecule has 106 valence electrons. The number of hydrogen-bond acceptors (Lipinski definition) is 9. The van der Waals surface area contributed by atoms with Crippen molar-refractivity contribution in [3.8, 4) is 0 Å². The van der Waals surface area contributed by atoms with Gasteiger partial charge < -0.3 is 10.2 Å². The predicted octanol–water partition coefficient (Wildman–Crippen LogP) is -1.63. The maximum atomic E-state index is 11.6. The highest BCUT2D eigenvalue weighted by Crippen LogP contribution is 2.78. The molecule has 3 saturated heterocycles. The van der Waals surface area contributed by atoms with E-state index in [-0.39, 0.29) is 6.54 Å². The van der Waals surface area contributed by atoms with Crippen molar-refractivity contribution in [1.29, 1.82) is 0 Å². The lowest BCUT2D eigenvalue weighted by molar-refractivity contribution is -0.209. The van der Waals surface area contributed by atoms with Crippen molar-refractivity contribution in [3.63, 3.8) is 0 Å². The van der Waals surface area contributed by atoms with E-state index < -0.39 is 48.4 Å². The van der Waals surface area contributed by atoms with Crippen molar-refractivity contribution in [1.82, 2.24) is 5.32 Å². The lowest BCUT2D eigenvalue weighted by Gasteiger charge is -2.39. The molecule has 3 aliphatic rings. The molecule has 0 spiro atoms. The molecule has 1 atom stereocenters. The fourth-order valence-corrected chi connectivity index (χ4v) is 5.28. The Morgan fingerprint density at radius 3 is 2.22 bits per heavy atom. The molecule has 0 aromatic rings. The van der Waals surface area contributed by atoms with Gasteiger partial charge >= 0.3 is 23.0 Å². The Labute approximate surface area is 102 Å². The molecule has 3 aliphatic heterocycles. The minimum Gasteiger partial charge on any atom is -0.396 e. The predicted molar refractivity (Wildman–Crippen MR) is 54.7 cm³/mol. The van der Waals surface area contributed by atoms with E-state index in [4.69, 9.17) is 19.3 Å². The fraction of sp³-hybridized carbons (Fsp3) is 1.00. The van der Waals surface area contributed by atoms with Crippen LogP contribution in [0.4, 0.5) is 0 Å². The SMILES string of the molecule is O=P12OC(CCO)(O1)C(NCCO)(S(=O)(=O)O)O2. The average Bonchev–Trinajstić information content (AvgIpc) is 2.58. The molecule has 3 fully saturated rings. The summed E-state index contributed by atoms with van der Waals surface area (Å²) < 4.78 is 57.9. The van der Waals surface area contributed by atoms with Crippen LogP contribution in [0.3, 0.4) is 0 Å². The third-order valence-electron chi connectivity index (χ3n) is 2.53. The van der Waals surface area contributed by atoms with Gasteiger partial charge in [0.15, 0.2) is 0 Å². The van der Waals surface area contributed by atoms with Crippen LogP contribution in [0.25, 0.3) is 0 Å². The molecule has 3 rings (SSSR count). The molecule has 1 unspecified atom stereocenters. The summed E-state index contributed by atoms with van der Waals surface area (Å²) in [5, 5.41) is 17.1. The van der Waals surface area contributed by atoms with Gasteiger partial charge in [-0.1, -0.05) is 0 Å². The first-order valence-electron chi connectivity index (χ1n) is 4.90. The highest BCUT2D eigenvalue weighted by molar-refractivity contribution is 7.87. The summed E-state index contributed by atoms with van der Waals surface area (Å²) in [6.45, 7) is -1.32. The van der Waals surface area contributed by atoms with Crippen molar-refractivity contribution < 1.29 is 41.3 Å². The molecule has 0 amide bonds. The van der Waals surface area contributed by atoms with Crippen LogP contribution >= 0.6 is 7.82 Å². The van der Waals surface area contributed by atoms with Crippen LogP contribution in [0.2, 0.25) is 0 Å². The first kappa shape index (κ1) is 14.3. The molecule has 4 N–H and O–H groups in total. The molecular formula is C6H12NO9PS. The van der Waals surface area contributed by atoms with E-state index in [2.05, 4.69) is 9.84 Å². The first-order chi connectivity index (χ1) is 8.24. The summed E-state index contributed by atoms with van der Waals surface area (Å²) in [5.41, 5.74) is 0. The molecular weight excluding hydrogens is 293 g/mol. The zero-order valence-corrected chi connectivity index (χ0v) is 10.7. The molecule has 0 aromatic heterocycles. The Hall–Kier alpha value is -0.100. The highest BCUT2D eigenvalue weighted by Gasteiger charge is 2.84. The lowest BCUT2D eigenvalue weighted by Crippen LogP contribution is -2.66. The van der Waals surface area contributed by atoms with Gasteiger partial charge in [-0.15, -0.1) is 0 Å². The second kappa shape index (κ2) is 4.20. The second-order valence-corrected chi connectivity index (χ2v) is 6.66. The van der Waals surface area contributed by atoms with Crippen molar-refractivity contribution in [2.75, 3.05) is 19.8 Å². The molecule has 18 heavy (non-hydrogen) atoms. The molecule has 0 aliphatic carbocycles. The van der Waals surface area contributed by atoms with Crippen LogP contribution in [-0.2, 0) is 28.3 Å². The number of fused-ring (bicyclic) bond motifs is 1. The van der Waals surface area contributed by atoms with Crippen LogP contribution in [0.1, 0.15) is 6.42 Å². The van der Waals surface area contributed by atoms with Crippen LogP contribution in [0, 0.1) is 0 Å². The molecule has 0 saturated carbocycles. The first-order valence-corrected chi connectivity index (χ1v) is 7.80. The third kappa shape index (κ3) is 1.75. The zero-order chi connectivity index (χ0) is 13.7. The van der Waals surface area contributed by atoms with Crippen LogP contribution < -0.4 is 5.32 Å². The highest BCUT2D eigenvalue weighted by atomic mass is 32.2. The van der Waals surface area contributed by atoms with Gasteiger partial charge in [0.2, 0.25) is 0 Å². The normalized spacial score (nSPS) is 42.8. The summed E-state index contributed by atoms with van der Waals surface area (Å²) in [7, 11) is -8.99.